The zero-order chi connectivity index (χ0) is 13.3. The lowest BCUT2D eigenvalue weighted by molar-refractivity contribution is 0.430. The Kier molecular flexibility index (Phi) is 3.39. The van der Waals surface area contributed by atoms with Crippen LogP contribution in [0, 0.1) is 5.82 Å². The Bertz CT molecular complexity index is 552. The van der Waals surface area contributed by atoms with Crippen molar-refractivity contribution in [3.63, 3.8) is 0 Å². The average Bonchev–Trinajstić information content (AvgIpc) is 2.64. The Labute approximate surface area is 107 Å². The number of hydrogen-bond donors (Lipinski definition) is 1. The number of rotatable bonds is 3. The fourth-order valence-corrected chi connectivity index (χ4v) is 2.09. The van der Waals surface area contributed by atoms with Gasteiger partial charge in [-0.1, -0.05) is 6.07 Å². The maximum Gasteiger partial charge on any atom is 0.149 e. The third-order valence-electron chi connectivity index (χ3n) is 2.99. The molecule has 4 heteroatoms. The molecule has 0 aliphatic heterocycles. The second-order valence-electron chi connectivity index (χ2n) is 5.66. The minimum Gasteiger partial charge on any atom is -0.312 e. The van der Waals surface area contributed by atoms with Crippen LogP contribution in [0.5, 0.6) is 0 Å². The number of nitrogens with one attached hydrogen (secondary N) is 1. The highest BCUT2D eigenvalue weighted by Crippen LogP contribution is 2.21. The van der Waals surface area contributed by atoms with E-state index in [-0.39, 0.29) is 11.4 Å². The smallest absolute Gasteiger partial charge is 0.149 e. The van der Waals surface area contributed by atoms with Crippen LogP contribution in [0.4, 0.5) is 4.39 Å². The molecule has 0 saturated heterocycles. The van der Waals surface area contributed by atoms with Crippen molar-refractivity contribution in [2.24, 2.45) is 7.05 Å². The lowest BCUT2D eigenvalue weighted by Crippen LogP contribution is -2.37. The molecular weight excluding hydrogens is 229 g/mol. The van der Waals surface area contributed by atoms with Gasteiger partial charge < -0.3 is 5.32 Å². The Hall–Kier alpha value is -1.42. The van der Waals surface area contributed by atoms with E-state index in [1.807, 2.05) is 6.07 Å². The zero-order valence-corrected chi connectivity index (χ0v) is 11.4. The highest BCUT2D eigenvalue weighted by atomic mass is 19.1. The highest BCUT2D eigenvalue weighted by molar-refractivity contribution is 5.82. The number of benzene rings is 1. The third kappa shape index (κ3) is 2.70. The van der Waals surface area contributed by atoms with Crippen LogP contribution < -0.4 is 5.32 Å². The fraction of sp³-hybridized carbons (Fsp3) is 0.500. The Morgan fingerprint density at radius 3 is 2.72 bits per heavy atom. The molecule has 0 unspecified atom stereocenters. The van der Waals surface area contributed by atoms with Crippen LogP contribution in [0.1, 0.15) is 26.3 Å². The van der Waals surface area contributed by atoms with Gasteiger partial charge in [0.15, 0.2) is 0 Å². The average molecular weight is 249 g/mol. The van der Waals surface area contributed by atoms with Crippen molar-refractivity contribution >= 4 is 10.9 Å². The van der Waals surface area contributed by atoms with Crippen LogP contribution in [-0.2, 0) is 13.5 Å². The molecule has 3 nitrogen and oxygen atoms in total. The minimum absolute atomic E-state index is 0.105. The Morgan fingerprint density at radius 2 is 2.06 bits per heavy atom. The third-order valence-corrected chi connectivity index (χ3v) is 2.99. The van der Waals surface area contributed by atoms with E-state index in [9.17, 15) is 4.39 Å². The molecule has 1 N–H and O–H groups in total. The fourth-order valence-electron chi connectivity index (χ4n) is 2.09. The number of halogens is 1. The van der Waals surface area contributed by atoms with E-state index in [0.29, 0.717) is 5.52 Å². The SMILES string of the molecule is Cn1ncc2c(CCNC(C)(C)C)ccc(F)c21. The summed E-state index contributed by atoms with van der Waals surface area (Å²) in [5, 5.41) is 8.48. The lowest BCUT2D eigenvalue weighted by atomic mass is 10.1. The summed E-state index contributed by atoms with van der Waals surface area (Å²) in [5.41, 5.74) is 1.83. The molecule has 98 valence electrons. The Morgan fingerprint density at radius 1 is 1.33 bits per heavy atom. The van der Waals surface area contributed by atoms with Gasteiger partial charge in [0.25, 0.3) is 0 Å². The van der Waals surface area contributed by atoms with Crippen molar-refractivity contribution in [2.75, 3.05) is 6.54 Å². The van der Waals surface area contributed by atoms with Crippen molar-refractivity contribution in [3.8, 4) is 0 Å². The molecule has 2 rings (SSSR count). The normalized spacial score (nSPS) is 12.3. The molecular formula is C14H20FN3. The molecule has 1 heterocycles. The molecule has 0 aliphatic carbocycles. The number of nitrogens with zero attached hydrogens (tertiary/aromatic N) is 2. The summed E-state index contributed by atoms with van der Waals surface area (Å²) in [6.07, 6.45) is 2.62. The van der Waals surface area contributed by atoms with Crippen molar-refractivity contribution in [3.05, 3.63) is 29.7 Å². The molecule has 0 saturated carbocycles. The molecule has 0 bridgehead atoms. The topological polar surface area (TPSA) is 29.9 Å². The van der Waals surface area contributed by atoms with Crippen molar-refractivity contribution in [1.29, 1.82) is 0 Å². The van der Waals surface area contributed by atoms with Crippen molar-refractivity contribution < 1.29 is 4.39 Å². The number of hydrogen-bond acceptors (Lipinski definition) is 2. The van der Waals surface area contributed by atoms with Gasteiger partial charge in [-0.2, -0.15) is 5.10 Å². The van der Waals surface area contributed by atoms with Gasteiger partial charge in [0, 0.05) is 18.0 Å². The summed E-state index contributed by atoms with van der Waals surface area (Å²) in [5.74, 6) is -0.211. The summed E-state index contributed by atoms with van der Waals surface area (Å²) in [7, 11) is 1.77. The zero-order valence-electron chi connectivity index (χ0n) is 11.4. The molecule has 2 aromatic rings. The van der Waals surface area contributed by atoms with Gasteiger partial charge in [-0.3, -0.25) is 4.68 Å². The largest absolute Gasteiger partial charge is 0.312 e. The number of fused-ring (bicyclic) bond motifs is 1. The molecule has 1 aromatic heterocycles. The van der Waals surface area contributed by atoms with Gasteiger partial charge >= 0.3 is 0 Å². The van der Waals surface area contributed by atoms with Gasteiger partial charge in [0.05, 0.1) is 6.20 Å². The summed E-state index contributed by atoms with van der Waals surface area (Å²) in [4.78, 5) is 0. The quantitative estimate of drug-likeness (QED) is 0.906. The molecule has 0 atom stereocenters. The van der Waals surface area contributed by atoms with Gasteiger partial charge in [-0.15, -0.1) is 0 Å². The first kappa shape index (κ1) is 13.0. The van der Waals surface area contributed by atoms with E-state index in [4.69, 9.17) is 0 Å². The first-order valence-corrected chi connectivity index (χ1v) is 6.22. The standard InChI is InChI=1S/C14H20FN3/c1-14(2,3)16-8-7-10-5-6-12(15)13-11(10)9-17-18(13)4/h5-6,9,16H,7-8H2,1-4H3. The first-order valence-electron chi connectivity index (χ1n) is 6.22. The van der Waals surface area contributed by atoms with E-state index in [1.54, 1.807) is 17.9 Å². The van der Waals surface area contributed by atoms with E-state index >= 15 is 0 Å². The van der Waals surface area contributed by atoms with Gasteiger partial charge in [0.2, 0.25) is 0 Å². The summed E-state index contributed by atoms with van der Waals surface area (Å²) >= 11 is 0. The second-order valence-corrected chi connectivity index (χ2v) is 5.66. The Balaban J connectivity index is 2.22. The lowest BCUT2D eigenvalue weighted by Gasteiger charge is -2.20. The maximum absolute atomic E-state index is 13.7. The number of aromatic nitrogens is 2. The molecule has 0 spiro atoms. The second kappa shape index (κ2) is 4.69. The highest BCUT2D eigenvalue weighted by Gasteiger charge is 2.12. The van der Waals surface area contributed by atoms with Crippen LogP contribution in [0.2, 0.25) is 0 Å². The summed E-state index contributed by atoms with van der Waals surface area (Å²) < 4.78 is 15.3. The predicted octanol–water partition coefficient (Wildman–Crippen LogP) is 2.64. The molecule has 0 fully saturated rings. The van der Waals surface area contributed by atoms with Crippen molar-refractivity contribution in [2.45, 2.75) is 32.7 Å². The van der Waals surface area contributed by atoms with E-state index < -0.39 is 0 Å². The first-order chi connectivity index (χ1) is 8.38. The molecule has 0 amide bonds. The summed E-state index contributed by atoms with van der Waals surface area (Å²) in [6.45, 7) is 7.28. The molecule has 0 radical (unpaired) electrons. The van der Waals surface area contributed by atoms with Crippen LogP contribution in [0.15, 0.2) is 18.3 Å². The van der Waals surface area contributed by atoms with Crippen LogP contribution in [0.25, 0.3) is 10.9 Å². The number of aryl methyl sites for hydroxylation is 1. The molecule has 1 aromatic carbocycles. The molecule has 18 heavy (non-hydrogen) atoms. The van der Waals surface area contributed by atoms with E-state index in [1.165, 1.54) is 6.07 Å². The maximum atomic E-state index is 13.7. The van der Waals surface area contributed by atoms with E-state index in [0.717, 1.165) is 23.9 Å². The van der Waals surface area contributed by atoms with Crippen LogP contribution >= 0.6 is 0 Å². The van der Waals surface area contributed by atoms with E-state index in [2.05, 4.69) is 31.2 Å². The van der Waals surface area contributed by atoms with Gasteiger partial charge in [-0.05, 0) is 45.4 Å². The van der Waals surface area contributed by atoms with Gasteiger partial charge in [0.1, 0.15) is 11.3 Å². The van der Waals surface area contributed by atoms with Crippen molar-refractivity contribution in [1.82, 2.24) is 15.1 Å². The van der Waals surface area contributed by atoms with Crippen LogP contribution in [0.3, 0.4) is 0 Å². The van der Waals surface area contributed by atoms with Gasteiger partial charge in [-0.25, -0.2) is 4.39 Å². The molecule has 0 aliphatic rings. The monoisotopic (exact) mass is 249 g/mol. The predicted molar refractivity (Wildman–Crippen MR) is 72.1 cm³/mol. The van der Waals surface area contributed by atoms with Crippen LogP contribution in [-0.4, -0.2) is 21.9 Å². The summed E-state index contributed by atoms with van der Waals surface area (Å²) in [6, 6.07) is 3.38. The minimum atomic E-state index is -0.211.